The van der Waals surface area contributed by atoms with Crippen molar-refractivity contribution in [2.45, 2.75) is 32.4 Å². The maximum atomic E-state index is 12.3. The number of fused-ring (bicyclic) bond motifs is 1. The molecule has 3 aromatic rings. The molecule has 0 aliphatic carbocycles. The fraction of sp³-hybridized carbons (Fsp3) is 0.250. The maximum Gasteiger partial charge on any atom is 0.408 e. The summed E-state index contributed by atoms with van der Waals surface area (Å²) in [5.74, 6) is -1.14. The lowest BCUT2D eigenvalue weighted by atomic mass is 10.1. The van der Waals surface area contributed by atoms with Gasteiger partial charge in [0.05, 0.1) is 0 Å². The Morgan fingerprint density at radius 1 is 0.968 bits per heavy atom. The molecule has 0 heterocycles. The van der Waals surface area contributed by atoms with Crippen LogP contribution < -0.4 is 15.9 Å². The zero-order valence-electron chi connectivity index (χ0n) is 17.7. The predicted octanol–water partition coefficient (Wildman–Crippen LogP) is 4.25. The summed E-state index contributed by atoms with van der Waals surface area (Å²) in [7, 11) is 0. The van der Waals surface area contributed by atoms with Crippen LogP contribution in [0, 0.1) is 0 Å². The van der Waals surface area contributed by atoms with Crippen LogP contribution in [0.1, 0.15) is 20.8 Å². The average Bonchev–Trinajstić information content (AvgIpc) is 2.72. The molecular weight excluding hydrogens is 429 g/mol. The highest BCUT2D eigenvalue weighted by Gasteiger charge is 2.32. The summed E-state index contributed by atoms with van der Waals surface area (Å²) in [5.41, 5.74) is -0.731. The molecule has 1 amide bonds. The molecule has 0 aromatic heterocycles. The second-order valence-corrected chi connectivity index (χ2v) is 13.1. The molecule has 0 aliphatic heterocycles. The third-order valence-corrected chi connectivity index (χ3v) is 9.59. The molecule has 0 spiro atoms. The molecule has 3 rings (SSSR count). The summed E-state index contributed by atoms with van der Waals surface area (Å²) in [6, 6.07) is 19.8. The van der Waals surface area contributed by atoms with E-state index in [2.05, 4.69) is 5.32 Å². The van der Waals surface area contributed by atoms with Crippen LogP contribution in [-0.2, 0) is 21.3 Å². The van der Waals surface area contributed by atoms with E-state index in [0.29, 0.717) is 0 Å². The molecule has 162 valence electrons. The number of amides is 1. The van der Waals surface area contributed by atoms with Crippen LogP contribution in [0.25, 0.3) is 10.8 Å². The van der Waals surface area contributed by atoms with E-state index in [0.717, 1.165) is 21.4 Å². The van der Waals surface area contributed by atoms with Crippen LogP contribution in [0.2, 0.25) is 0 Å². The van der Waals surface area contributed by atoms with Gasteiger partial charge in [0.15, 0.2) is 0 Å². The van der Waals surface area contributed by atoms with Crippen molar-refractivity contribution in [1.29, 1.82) is 0 Å². The van der Waals surface area contributed by atoms with Gasteiger partial charge in [0.2, 0.25) is 0 Å². The van der Waals surface area contributed by atoms with Crippen LogP contribution in [0.4, 0.5) is 4.79 Å². The lowest BCUT2D eigenvalue weighted by Gasteiger charge is -2.28. The van der Waals surface area contributed by atoms with Gasteiger partial charge in [0.25, 0.3) is 0 Å². The third kappa shape index (κ3) is 5.72. The molecule has 7 heteroatoms. The maximum absolute atomic E-state index is 12.3. The first-order chi connectivity index (χ1) is 14.6. The zero-order chi connectivity index (χ0) is 22.6. The second-order valence-electron chi connectivity index (χ2n) is 8.33. The van der Waals surface area contributed by atoms with Crippen molar-refractivity contribution in [3.8, 4) is 0 Å². The lowest BCUT2D eigenvalue weighted by molar-refractivity contribution is -0.138. The van der Waals surface area contributed by atoms with Gasteiger partial charge in [0.1, 0.15) is 11.6 Å². The van der Waals surface area contributed by atoms with Gasteiger partial charge in [-0.2, -0.15) is 0 Å². The Balaban J connectivity index is 2.02. The molecule has 0 bridgehead atoms. The smallest absolute Gasteiger partial charge is 0.408 e. The van der Waals surface area contributed by atoms with Crippen LogP contribution in [0.3, 0.4) is 0 Å². The van der Waals surface area contributed by atoms with Crippen molar-refractivity contribution >= 4 is 51.3 Å². The molecule has 0 saturated heterocycles. The minimum atomic E-state index is -2.56. The molecule has 0 saturated carbocycles. The molecule has 5 nitrogen and oxygen atoms in total. The summed E-state index contributed by atoms with van der Waals surface area (Å²) < 4.78 is 5.27. The van der Waals surface area contributed by atoms with Crippen LogP contribution in [0.15, 0.2) is 72.8 Å². The van der Waals surface area contributed by atoms with Gasteiger partial charge in [-0.25, -0.2) is 9.59 Å². The largest absolute Gasteiger partial charge is 0.480 e. The third-order valence-electron chi connectivity index (χ3n) is 4.75. The Bertz CT molecular complexity index is 1140. The summed E-state index contributed by atoms with van der Waals surface area (Å²) >= 11 is 6.21. The van der Waals surface area contributed by atoms with Gasteiger partial charge in [-0.3, -0.25) is 0 Å². The Labute approximate surface area is 187 Å². The van der Waals surface area contributed by atoms with Gasteiger partial charge in [-0.15, -0.1) is 0 Å². The molecule has 1 unspecified atom stereocenters. The lowest BCUT2D eigenvalue weighted by Crippen LogP contribution is -2.46. The molecule has 2 N–H and O–H groups in total. The number of hydrogen-bond acceptors (Lipinski definition) is 4. The minimum absolute atomic E-state index is 0.0965. The predicted molar refractivity (Wildman–Crippen MR) is 130 cm³/mol. The van der Waals surface area contributed by atoms with Crippen molar-refractivity contribution in [1.82, 2.24) is 5.32 Å². The number of nitrogens with one attached hydrogen (secondary N) is 1. The average molecular weight is 456 g/mol. The van der Waals surface area contributed by atoms with Crippen molar-refractivity contribution in [3.63, 3.8) is 0 Å². The van der Waals surface area contributed by atoms with Gasteiger partial charge in [-0.1, -0.05) is 78.5 Å². The number of ether oxygens (including phenoxy) is 1. The van der Waals surface area contributed by atoms with Gasteiger partial charge < -0.3 is 15.2 Å². The summed E-state index contributed by atoms with van der Waals surface area (Å²) in [6.07, 6.45) is -0.674. The number of carboxylic acid groups (broad SMARTS) is 1. The topological polar surface area (TPSA) is 75.6 Å². The first-order valence-corrected chi connectivity index (χ1v) is 12.9. The van der Waals surface area contributed by atoms with Crippen molar-refractivity contribution in [2.75, 3.05) is 6.16 Å². The number of carboxylic acids is 1. The van der Waals surface area contributed by atoms with Gasteiger partial charge in [0, 0.05) is 12.2 Å². The molecule has 0 aliphatic rings. The Morgan fingerprint density at radius 2 is 1.58 bits per heavy atom. The summed E-state index contributed by atoms with van der Waals surface area (Å²) in [6.45, 7) is 5.18. The van der Waals surface area contributed by atoms with Crippen LogP contribution in [0.5, 0.6) is 0 Å². The SMILES string of the molecule is CC(C)(C)OC(=O)N[C@@H](CP(=S)(c1ccccc1)c1ccc2ccccc2c1)C(=O)O. The van der Waals surface area contributed by atoms with Crippen molar-refractivity contribution in [2.24, 2.45) is 0 Å². The summed E-state index contributed by atoms with van der Waals surface area (Å²) in [4.78, 5) is 24.3. The van der Waals surface area contributed by atoms with E-state index in [1.165, 1.54) is 0 Å². The Hall–Kier alpha value is -2.69. The fourth-order valence-electron chi connectivity index (χ4n) is 3.32. The first kappa shape index (κ1) is 23.0. The molecule has 3 aromatic carbocycles. The number of hydrogen-bond donors (Lipinski definition) is 2. The number of alkyl carbamates (subject to hydrolysis) is 1. The van der Waals surface area contributed by atoms with E-state index in [1.54, 1.807) is 20.8 Å². The number of carbonyl (C=O) groups is 2. The number of benzene rings is 3. The Kier molecular flexibility index (Phi) is 6.83. The van der Waals surface area contributed by atoms with E-state index in [1.807, 2.05) is 72.8 Å². The zero-order valence-corrected chi connectivity index (χ0v) is 19.5. The normalized spacial score (nSPS) is 14.4. The van der Waals surface area contributed by atoms with E-state index < -0.39 is 29.7 Å². The minimum Gasteiger partial charge on any atom is -0.480 e. The number of rotatable bonds is 6. The van der Waals surface area contributed by atoms with Crippen molar-refractivity contribution < 1.29 is 19.4 Å². The molecular formula is C24H26NO4PS. The first-order valence-electron chi connectivity index (χ1n) is 9.95. The number of carbonyl (C=O) groups excluding carboxylic acids is 1. The van der Waals surface area contributed by atoms with E-state index in [9.17, 15) is 14.7 Å². The standard InChI is InChI=1S/C24H26NO4PS/c1-24(2,3)29-23(28)25-21(22(26)27)16-30(31,19-11-5-4-6-12-19)20-14-13-17-9-7-8-10-18(17)15-20/h4-15,21H,16H2,1-3H3,(H,25,28)(H,26,27)/t21-,30?/m0/s1. The highest BCUT2D eigenvalue weighted by atomic mass is 32.4. The van der Waals surface area contributed by atoms with Gasteiger partial charge in [-0.05, 0) is 48.2 Å². The number of aliphatic carboxylic acids is 1. The van der Waals surface area contributed by atoms with E-state index >= 15 is 0 Å². The quantitative estimate of drug-likeness (QED) is 0.544. The fourth-order valence-corrected chi connectivity index (χ4v) is 7.27. The van der Waals surface area contributed by atoms with E-state index in [-0.39, 0.29) is 6.16 Å². The highest BCUT2D eigenvalue weighted by Crippen LogP contribution is 2.45. The summed E-state index contributed by atoms with van der Waals surface area (Å²) in [5, 5.41) is 16.3. The van der Waals surface area contributed by atoms with Crippen LogP contribution >= 0.6 is 6.04 Å². The Morgan fingerprint density at radius 3 is 2.19 bits per heavy atom. The second kappa shape index (κ2) is 9.21. The molecule has 0 fully saturated rings. The molecule has 2 atom stereocenters. The van der Waals surface area contributed by atoms with E-state index in [4.69, 9.17) is 16.5 Å². The molecule has 0 radical (unpaired) electrons. The monoisotopic (exact) mass is 455 g/mol. The van der Waals surface area contributed by atoms with Crippen molar-refractivity contribution in [3.05, 3.63) is 72.8 Å². The molecule has 31 heavy (non-hydrogen) atoms. The van der Waals surface area contributed by atoms with Crippen LogP contribution in [-0.4, -0.2) is 35.0 Å². The van der Waals surface area contributed by atoms with Gasteiger partial charge >= 0.3 is 12.1 Å². The highest BCUT2D eigenvalue weighted by molar-refractivity contribution is 8.22.